The van der Waals surface area contributed by atoms with Crippen LogP contribution in [-0.4, -0.2) is 22.7 Å². The van der Waals surface area contributed by atoms with Gasteiger partial charge in [0.2, 0.25) is 0 Å². The quantitative estimate of drug-likeness (QED) is 0.844. The van der Waals surface area contributed by atoms with Crippen LogP contribution in [0.2, 0.25) is 0 Å². The van der Waals surface area contributed by atoms with Crippen LogP contribution in [-0.2, 0) is 0 Å². The molecule has 1 aromatic carbocycles. The lowest BCUT2D eigenvalue weighted by molar-refractivity contribution is 0.328. The largest absolute Gasteiger partial charge is 0.492 e. The fourth-order valence-electron chi connectivity index (χ4n) is 1.51. The Labute approximate surface area is 94.7 Å². The Bertz CT molecular complexity index is 448. The fourth-order valence-corrected chi connectivity index (χ4v) is 1.51. The lowest BCUT2D eigenvalue weighted by atomic mass is 10.3. The molecule has 0 atom stereocenters. The van der Waals surface area contributed by atoms with E-state index in [0.717, 1.165) is 17.1 Å². The lowest BCUT2D eigenvalue weighted by Crippen LogP contribution is -2.10. The maximum absolute atomic E-state index is 5.41. The number of benzene rings is 1. The number of hydrogen-bond acceptors (Lipinski definition) is 3. The Balaban J connectivity index is 2.16. The molecule has 2 aromatic rings. The molecular weight excluding hydrogens is 202 g/mol. The van der Waals surface area contributed by atoms with Crippen molar-refractivity contribution in [2.75, 3.05) is 13.2 Å². The normalized spacial score (nSPS) is 10.4. The SMILES string of the molecule is Cc1cncn1-c1ccc(OCCN)cc1. The molecule has 1 heterocycles. The molecule has 1 aromatic heterocycles. The van der Waals surface area contributed by atoms with Crippen molar-refractivity contribution < 1.29 is 4.74 Å². The van der Waals surface area contributed by atoms with Gasteiger partial charge in [0, 0.05) is 24.1 Å². The smallest absolute Gasteiger partial charge is 0.119 e. The van der Waals surface area contributed by atoms with Gasteiger partial charge in [0.1, 0.15) is 12.4 Å². The van der Waals surface area contributed by atoms with Crippen molar-refractivity contribution in [3.8, 4) is 11.4 Å². The van der Waals surface area contributed by atoms with Crippen LogP contribution in [0.4, 0.5) is 0 Å². The third-order valence-electron chi connectivity index (χ3n) is 2.32. The number of rotatable bonds is 4. The van der Waals surface area contributed by atoms with Gasteiger partial charge in [-0.1, -0.05) is 0 Å². The molecule has 0 aliphatic rings. The molecule has 4 heteroatoms. The molecule has 16 heavy (non-hydrogen) atoms. The predicted octanol–water partition coefficient (Wildman–Crippen LogP) is 1.52. The summed E-state index contributed by atoms with van der Waals surface area (Å²) in [5, 5.41) is 0. The minimum absolute atomic E-state index is 0.530. The van der Waals surface area contributed by atoms with E-state index in [4.69, 9.17) is 10.5 Å². The number of nitrogens with zero attached hydrogens (tertiary/aromatic N) is 2. The zero-order chi connectivity index (χ0) is 11.4. The Morgan fingerprint density at radius 1 is 1.31 bits per heavy atom. The van der Waals surface area contributed by atoms with Crippen LogP contribution in [0.3, 0.4) is 0 Å². The second kappa shape index (κ2) is 4.81. The summed E-state index contributed by atoms with van der Waals surface area (Å²) in [5.41, 5.74) is 7.55. The molecule has 4 nitrogen and oxygen atoms in total. The van der Waals surface area contributed by atoms with Gasteiger partial charge in [-0.05, 0) is 31.2 Å². The number of aromatic nitrogens is 2. The summed E-state index contributed by atoms with van der Waals surface area (Å²) < 4.78 is 7.43. The number of imidazole rings is 1. The van der Waals surface area contributed by atoms with E-state index >= 15 is 0 Å². The Kier molecular flexibility index (Phi) is 3.22. The minimum atomic E-state index is 0.530. The molecule has 0 spiro atoms. The summed E-state index contributed by atoms with van der Waals surface area (Å²) in [6, 6.07) is 7.87. The molecule has 84 valence electrons. The molecule has 0 aliphatic carbocycles. The molecule has 0 aliphatic heterocycles. The topological polar surface area (TPSA) is 53.1 Å². The van der Waals surface area contributed by atoms with E-state index in [1.807, 2.05) is 42.0 Å². The third kappa shape index (κ3) is 2.23. The van der Waals surface area contributed by atoms with Crippen molar-refractivity contribution in [3.05, 3.63) is 42.5 Å². The highest BCUT2D eigenvalue weighted by molar-refractivity contribution is 5.38. The van der Waals surface area contributed by atoms with Gasteiger partial charge in [-0.15, -0.1) is 0 Å². The Morgan fingerprint density at radius 2 is 2.06 bits per heavy atom. The van der Waals surface area contributed by atoms with Gasteiger partial charge in [0.25, 0.3) is 0 Å². The van der Waals surface area contributed by atoms with Crippen molar-refractivity contribution >= 4 is 0 Å². The molecule has 0 saturated heterocycles. The zero-order valence-electron chi connectivity index (χ0n) is 9.26. The second-order valence-corrected chi connectivity index (χ2v) is 3.54. The number of ether oxygens (including phenoxy) is 1. The van der Waals surface area contributed by atoms with Crippen LogP contribution < -0.4 is 10.5 Å². The highest BCUT2D eigenvalue weighted by Gasteiger charge is 2.00. The van der Waals surface area contributed by atoms with E-state index in [2.05, 4.69) is 4.98 Å². The van der Waals surface area contributed by atoms with Gasteiger partial charge in [-0.2, -0.15) is 0 Å². The first-order valence-electron chi connectivity index (χ1n) is 5.23. The first-order chi connectivity index (χ1) is 7.81. The summed E-state index contributed by atoms with van der Waals surface area (Å²) >= 11 is 0. The molecule has 2 N–H and O–H groups in total. The third-order valence-corrected chi connectivity index (χ3v) is 2.32. The van der Waals surface area contributed by atoms with Crippen LogP contribution in [0.5, 0.6) is 5.75 Å². The zero-order valence-corrected chi connectivity index (χ0v) is 9.26. The van der Waals surface area contributed by atoms with Gasteiger partial charge in [-0.3, -0.25) is 0 Å². The van der Waals surface area contributed by atoms with Crippen LogP contribution >= 0.6 is 0 Å². The predicted molar refractivity (Wildman–Crippen MR) is 62.9 cm³/mol. The summed E-state index contributed by atoms with van der Waals surface area (Å²) in [5.74, 6) is 0.840. The van der Waals surface area contributed by atoms with E-state index in [0.29, 0.717) is 13.2 Å². The summed E-state index contributed by atoms with van der Waals surface area (Å²) in [6.07, 6.45) is 3.63. The van der Waals surface area contributed by atoms with Crippen LogP contribution in [0.25, 0.3) is 5.69 Å². The van der Waals surface area contributed by atoms with Crippen molar-refractivity contribution in [1.29, 1.82) is 0 Å². The van der Waals surface area contributed by atoms with Crippen molar-refractivity contribution in [2.24, 2.45) is 5.73 Å². The van der Waals surface area contributed by atoms with E-state index in [9.17, 15) is 0 Å². The van der Waals surface area contributed by atoms with Crippen LogP contribution in [0.1, 0.15) is 5.69 Å². The van der Waals surface area contributed by atoms with Gasteiger partial charge in [0.15, 0.2) is 0 Å². The first kappa shape index (κ1) is 10.7. The highest BCUT2D eigenvalue weighted by atomic mass is 16.5. The fraction of sp³-hybridized carbons (Fsp3) is 0.250. The summed E-state index contributed by atoms with van der Waals surface area (Å²) in [6.45, 7) is 3.09. The highest BCUT2D eigenvalue weighted by Crippen LogP contribution is 2.16. The second-order valence-electron chi connectivity index (χ2n) is 3.54. The van der Waals surface area contributed by atoms with Crippen molar-refractivity contribution in [1.82, 2.24) is 9.55 Å². The van der Waals surface area contributed by atoms with E-state index in [1.54, 1.807) is 6.33 Å². The van der Waals surface area contributed by atoms with Crippen LogP contribution in [0, 0.1) is 6.92 Å². The van der Waals surface area contributed by atoms with E-state index in [-0.39, 0.29) is 0 Å². The molecular formula is C12H15N3O. The van der Waals surface area contributed by atoms with E-state index < -0.39 is 0 Å². The van der Waals surface area contributed by atoms with Gasteiger partial charge in [-0.25, -0.2) is 4.98 Å². The van der Waals surface area contributed by atoms with Gasteiger partial charge >= 0.3 is 0 Å². The molecule has 0 bridgehead atoms. The standard InChI is InChI=1S/C12H15N3O/c1-10-8-14-9-15(10)11-2-4-12(5-3-11)16-7-6-13/h2-5,8-9H,6-7,13H2,1H3. The number of aryl methyl sites for hydroxylation is 1. The Hall–Kier alpha value is -1.81. The van der Waals surface area contributed by atoms with E-state index in [1.165, 1.54) is 0 Å². The molecule has 0 radical (unpaired) electrons. The lowest BCUT2D eigenvalue weighted by Gasteiger charge is -2.07. The Morgan fingerprint density at radius 3 is 2.62 bits per heavy atom. The molecule has 0 amide bonds. The molecule has 0 unspecified atom stereocenters. The monoisotopic (exact) mass is 217 g/mol. The molecule has 2 rings (SSSR count). The molecule has 0 saturated carbocycles. The average Bonchev–Trinajstić information content (AvgIpc) is 2.74. The maximum atomic E-state index is 5.41. The first-order valence-corrected chi connectivity index (χ1v) is 5.23. The summed E-state index contributed by atoms with van der Waals surface area (Å²) in [4.78, 5) is 4.09. The summed E-state index contributed by atoms with van der Waals surface area (Å²) in [7, 11) is 0. The number of hydrogen-bond donors (Lipinski definition) is 1. The van der Waals surface area contributed by atoms with Crippen molar-refractivity contribution in [2.45, 2.75) is 6.92 Å². The van der Waals surface area contributed by atoms with Gasteiger partial charge in [0.05, 0.1) is 6.33 Å². The van der Waals surface area contributed by atoms with Crippen molar-refractivity contribution in [3.63, 3.8) is 0 Å². The average molecular weight is 217 g/mol. The minimum Gasteiger partial charge on any atom is -0.492 e. The maximum Gasteiger partial charge on any atom is 0.119 e. The number of nitrogens with two attached hydrogens (primary N) is 1. The molecule has 0 fully saturated rings. The van der Waals surface area contributed by atoms with Gasteiger partial charge < -0.3 is 15.0 Å². The van der Waals surface area contributed by atoms with Crippen LogP contribution in [0.15, 0.2) is 36.8 Å².